The molecule has 0 aliphatic carbocycles. The molecule has 1 N–H and O–H groups in total. The van der Waals surface area contributed by atoms with E-state index < -0.39 is 0 Å². The Labute approximate surface area is 129 Å². The number of carbonyl (C=O) groups is 2. The Morgan fingerprint density at radius 3 is 2.86 bits per heavy atom. The fourth-order valence-corrected chi connectivity index (χ4v) is 3.54. The van der Waals surface area contributed by atoms with Crippen LogP contribution in [0.5, 0.6) is 0 Å². The summed E-state index contributed by atoms with van der Waals surface area (Å²) in [4.78, 5) is 30.4. The molecule has 3 heterocycles. The minimum absolute atomic E-state index is 0.0315. The molecule has 2 amide bonds. The van der Waals surface area contributed by atoms with Crippen molar-refractivity contribution in [3.63, 3.8) is 0 Å². The molecule has 0 unspecified atom stereocenters. The lowest BCUT2D eigenvalue weighted by Crippen LogP contribution is -2.47. The average molecular weight is 303 g/mol. The Morgan fingerprint density at radius 1 is 1.45 bits per heavy atom. The fraction of sp³-hybridized carbons (Fsp3) is 0.562. The summed E-state index contributed by atoms with van der Waals surface area (Å²) in [6.07, 6.45) is 3.27. The van der Waals surface area contributed by atoms with E-state index in [-0.39, 0.29) is 23.1 Å². The van der Waals surface area contributed by atoms with Crippen LogP contribution in [-0.4, -0.2) is 55.0 Å². The van der Waals surface area contributed by atoms with Crippen LogP contribution < -0.4 is 5.32 Å². The molecule has 3 rings (SSSR count). The normalized spacial score (nSPS) is 23.6. The number of piperidine rings is 1. The van der Waals surface area contributed by atoms with Gasteiger partial charge in [-0.3, -0.25) is 14.6 Å². The molecule has 2 fully saturated rings. The maximum atomic E-state index is 12.4. The smallest absolute Gasteiger partial charge is 0.272 e. The van der Waals surface area contributed by atoms with Crippen molar-refractivity contribution in [3.05, 3.63) is 30.1 Å². The van der Waals surface area contributed by atoms with Crippen molar-refractivity contribution in [2.24, 2.45) is 11.3 Å². The number of pyridine rings is 1. The highest BCUT2D eigenvalue weighted by molar-refractivity contribution is 5.92. The van der Waals surface area contributed by atoms with Gasteiger partial charge in [-0.2, -0.15) is 0 Å². The van der Waals surface area contributed by atoms with Crippen LogP contribution in [0, 0.1) is 11.3 Å². The van der Waals surface area contributed by atoms with Gasteiger partial charge in [0.05, 0.1) is 12.5 Å². The second-order valence-corrected chi connectivity index (χ2v) is 6.10. The SMILES string of the molecule is COC[C@@H]1C(=O)NCC12CCN(C(=O)c1ccccn1)CC2. The Hall–Kier alpha value is -1.95. The average Bonchev–Trinajstić information content (AvgIpc) is 2.86. The van der Waals surface area contributed by atoms with E-state index in [0.29, 0.717) is 31.9 Å². The fourth-order valence-electron chi connectivity index (χ4n) is 3.54. The number of nitrogens with zero attached hydrogens (tertiary/aromatic N) is 2. The summed E-state index contributed by atoms with van der Waals surface area (Å²) in [5, 5.41) is 2.96. The van der Waals surface area contributed by atoms with E-state index in [4.69, 9.17) is 4.74 Å². The standard InChI is InChI=1S/C16H21N3O3/c1-22-10-12-14(20)18-11-16(12)5-8-19(9-6-16)15(21)13-4-2-3-7-17-13/h2-4,7,12H,5-6,8-11H2,1H3,(H,18,20)/t12-/m1/s1. The molecule has 6 nitrogen and oxygen atoms in total. The maximum Gasteiger partial charge on any atom is 0.272 e. The van der Waals surface area contributed by atoms with Crippen LogP contribution in [0.1, 0.15) is 23.3 Å². The molecule has 2 aliphatic heterocycles. The van der Waals surface area contributed by atoms with E-state index in [2.05, 4.69) is 10.3 Å². The van der Waals surface area contributed by atoms with E-state index >= 15 is 0 Å². The first kappa shape index (κ1) is 15.0. The molecule has 1 aromatic rings. The lowest BCUT2D eigenvalue weighted by Gasteiger charge is -2.41. The Morgan fingerprint density at radius 2 is 2.23 bits per heavy atom. The number of likely N-dealkylation sites (tertiary alicyclic amines) is 1. The first-order chi connectivity index (χ1) is 10.7. The van der Waals surface area contributed by atoms with Gasteiger partial charge in [-0.05, 0) is 25.0 Å². The summed E-state index contributed by atoms with van der Waals surface area (Å²) in [5.74, 6) is -0.0630. The molecule has 1 spiro atoms. The van der Waals surface area contributed by atoms with E-state index in [1.165, 1.54) is 0 Å². The van der Waals surface area contributed by atoms with E-state index in [1.54, 1.807) is 25.4 Å². The molecule has 0 radical (unpaired) electrons. The summed E-state index contributed by atoms with van der Waals surface area (Å²) in [5.41, 5.74) is 0.404. The number of rotatable bonds is 3. The summed E-state index contributed by atoms with van der Waals surface area (Å²) >= 11 is 0. The first-order valence-corrected chi connectivity index (χ1v) is 7.63. The molecular weight excluding hydrogens is 282 g/mol. The molecule has 1 aromatic heterocycles. The number of nitrogens with one attached hydrogen (secondary N) is 1. The van der Waals surface area contributed by atoms with Crippen LogP contribution in [-0.2, 0) is 9.53 Å². The Balaban J connectivity index is 1.67. The summed E-state index contributed by atoms with van der Waals surface area (Å²) in [6.45, 7) is 2.45. The van der Waals surface area contributed by atoms with Crippen LogP contribution >= 0.6 is 0 Å². The second kappa shape index (κ2) is 6.04. The van der Waals surface area contributed by atoms with Crippen molar-refractivity contribution >= 4 is 11.8 Å². The van der Waals surface area contributed by atoms with Crippen LogP contribution in [0.2, 0.25) is 0 Å². The lowest BCUT2D eigenvalue weighted by atomic mass is 9.71. The van der Waals surface area contributed by atoms with Crippen molar-refractivity contribution in [1.82, 2.24) is 15.2 Å². The van der Waals surface area contributed by atoms with Gasteiger partial charge in [0.25, 0.3) is 5.91 Å². The quantitative estimate of drug-likeness (QED) is 0.892. The number of aromatic nitrogens is 1. The number of amides is 2. The van der Waals surface area contributed by atoms with Gasteiger partial charge in [0.2, 0.25) is 5.91 Å². The number of hydrogen-bond acceptors (Lipinski definition) is 4. The van der Waals surface area contributed by atoms with E-state index in [1.807, 2.05) is 11.0 Å². The minimum Gasteiger partial charge on any atom is -0.384 e. The van der Waals surface area contributed by atoms with Crippen LogP contribution in [0.4, 0.5) is 0 Å². The summed E-state index contributed by atoms with van der Waals surface area (Å²) in [7, 11) is 1.62. The molecule has 0 saturated carbocycles. The Kier molecular flexibility index (Phi) is 4.11. The summed E-state index contributed by atoms with van der Waals surface area (Å²) < 4.78 is 5.22. The van der Waals surface area contributed by atoms with Gasteiger partial charge < -0.3 is 15.0 Å². The van der Waals surface area contributed by atoms with Gasteiger partial charge >= 0.3 is 0 Å². The van der Waals surface area contributed by atoms with Gasteiger partial charge in [-0.15, -0.1) is 0 Å². The van der Waals surface area contributed by atoms with Gasteiger partial charge in [0, 0.05) is 38.4 Å². The molecule has 2 saturated heterocycles. The van der Waals surface area contributed by atoms with E-state index in [9.17, 15) is 9.59 Å². The molecule has 118 valence electrons. The molecule has 2 aliphatic rings. The number of ether oxygens (including phenoxy) is 1. The van der Waals surface area contributed by atoms with Crippen LogP contribution in [0.25, 0.3) is 0 Å². The van der Waals surface area contributed by atoms with Crippen molar-refractivity contribution in [3.8, 4) is 0 Å². The zero-order valence-electron chi connectivity index (χ0n) is 12.7. The first-order valence-electron chi connectivity index (χ1n) is 7.63. The third kappa shape index (κ3) is 2.59. The third-order valence-electron chi connectivity index (χ3n) is 4.93. The predicted molar refractivity (Wildman–Crippen MR) is 80.2 cm³/mol. The minimum atomic E-state index is -0.107. The van der Waals surface area contributed by atoms with Crippen LogP contribution in [0.15, 0.2) is 24.4 Å². The molecule has 22 heavy (non-hydrogen) atoms. The highest BCUT2D eigenvalue weighted by Gasteiger charge is 2.49. The van der Waals surface area contributed by atoms with Gasteiger partial charge in [0.1, 0.15) is 5.69 Å². The molecule has 0 aromatic carbocycles. The Bertz CT molecular complexity index is 553. The molecular formula is C16H21N3O3. The predicted octanol–water partition coefficient (Wildman–Crippen LogP) is 0.696. The highest BCUT2D eigenvalue weighted by atomic mass is 16.5. The second-order valence-electron chi connectivity index (χ2n) is 6.10. The number of methoxy groups -OCH3 is 1. The maximum absolute atomic E-state index is 12.4. The topological polar surface area (TPSA) is 71.5 Å². The van der Waals surface area contributed by atoms with Crippen molar-refractivity contribution < 1.29 is 14.3 Å². The van der Waals surface area contributed by atoms with Gasteiger partial charge in [-0.1, -0.05) is 6.07 Å². The summed E-state index contributed by atoms with van der Waals surface area (Å²) in [6, 6.07) is 5.36. The highest BCUT2D eigenvalue weighted by Crippen LogP contribution is 2.42. The molecule has 1 atom stereocenters. The number of hydrogen-bond donors (Lipinski definition) is 1. The zero-order valence-corrected chi connectivity index (χ0v) is 12.7. The van der Waals surface area contributed by atoms with Crippen molar-refractivity contribution in [1.29, 1.82) is 0 Å². The molecule has 0 bridgehead atoms. The van der Waals surface area contributed by atoms with Crippen molar-refractivity contribution in [2.75, 3.05) is 33.4 Å². The van der Waals surface area contributed by atoms with Crippen molar-refractivity contribution in [2.45, 2.75) is 12.8 Å². The largest absolute Gasteiger partial charge is 0.384 e. The third-order valence-corrected chi connectivity index (χ3v) is 4.93. The zero-order chi connectivity index (χ0) is 15.6. The van der Waals surface area contributed by atoms with E-state index in [0.717, 1.165) is 12.8 Å². The van der Waals surface area contributed by atoms with Gasteiger partial charge in [-0.25, -0.2) is 0 Å². The monoisotopic (exact) mass is 303 g/mol. The van der Waals surface area contributed by atoms with Crippen LogP contribution in [0.3, 0.4) is 0 Å². The molecule has 6 heteroatoms. The van der Waals surface area contributed by atoms with Gasteiger partial charge in [0.15, 0.2) is 0 Å². The number of carbonyl (C=O) groups excluding carboxylic acids is 2. The lowest BCUT2D eigenvalue weighted by molar-refractivity contribution is -0.126.